The van der Waals surface area contributed by atoms with Crippen molar-refractivity contribution in [1.82, 2.24) is 9.80 Å². The van der Waals surface area contributed by atoms with Gasteiger partial charge >= 0.3 is 5.97 Å². The van der Waals surface area contributed by atoms with E-state index in [1.54, 1.807) is 0 Å². The highest BCUT2D eigenvalue weighted by molar-refractivity contribution is 5.87. The molecular weight excluding hydrogens is 228 g/mol. The first kappa shape index (κ1) is 17.1. The molecule has 0 aliphatic rings. The maximum atomic E-state index is 11.6. The minimum absolute atomic E-state index is 0.198. The topological polar surface area (TPSA) is 32.8 Å². The average molecular weight is 256 g/mol. The Morgan fingerprint density at radius 1 is 1.17 bits per heavy atom. The fraction of sp³-hybridized carbons (Fsp3) is 0.786. The smallest absolute Gasteiger partial charge is 0.333 e. The van der Waals surface area contributed by atoms with E-state index in [1.165, 1.54) is 0 Å². The van der Waals surface area contributed by atoms with Gasteiger partial charge in [0.15, 0.2) is 0 Å². The Morgan fingerprint density at radius 2 is 1.78 bits per heavy atom. The van der Waals surface area contributed by atoms with Crippen molar-refractivity contribution in [2.45, 2.75) is 27.2 Å². The van der Waals surface area contributed by atoms with Crippen LogP contribution >= 0.6 is 0 Å². The van der Waals surface area contributed by atoms with Crippen LogP contribution in [0, 0.1) is 0 Å². The number of nitrogens with zero attached hydrogens (tertiary/aromatic N) is 2. The SMILES string of the molecule is CCN(CC)CCC=C(C)C(=O)OCCN(C)C. The fourth-order valence-electron chi connectivity index (χ4n) is 1.52. The Bertz CT molecular complexity index is 259. The Hall–Kier alpha value is -0.870. The number of hydrogen-bond donors (Lipinski definition) is 0. The second-order valence-corrected chi connectivity index (χ2v) is 4.64. The number of rotatable bonds is 9. The lowest BCUT2D eigenvalue weighted by molar-refractivity contribution is -0.139. The second-order valence-electron chi connectivity index (χ2n) is 4.64. The van der Waals surface area contributed by atoms with Gasteiger partial charge in [-0.15, -0.1) is 0 Å². The van der Waals surface area contributed by atoms with Gasteiger partial charge in [0.1, 0.15) is 6.61 Å². The largest absolute Gasteiger partial charge is 0.461 e. The molecule has 0 spiro atoms. The lowest BCUT2D eigenvalue weighted by atomic mass is 10.2. The molecule has 0 aromatic rings. The zero-order valence-corrected chi connectivity index (χ0v) is 12.5. The van der Waals surface area contributed by atoms with E-state index in [9.17, 15) is 4.79 Å². The number of hydrogen-bond acceptors (Lipinski definition) is 4. The minimum atomic E-state index is -0.198. The molecule has 0 heterocycles. The molecular formula is C14H28N2O2. The molecule has 0 aliphatic heterocycles. The molecule has 0 saturated carbocycles. The molecule has 0 aromatic heterocycles. The third kappa shape index (κ3) is 8.25. The quantitative estimate of drug-likeness (QED) is 0.465. The lowest BCUT2D eigenvalue weighted by Crippen LogP contribution is -2.23. The summed E-state index contributed by atoms with van der Waals surface area (Å²) in [5.74, 6) is -0.198. The Labute approximate surface area is 112 Å². The number of ether oxygens (including phenoxy) is 1. The van der Waals surface area contributed by atoms with E-state index in [-0.39, 0.29) is 5.97 Å². The van der Waals surface area contributed by atoms with Crippen LogP contribution in [0.5, 0.6) is 0 Å². The van der Waals surface area contributed by atoms with Gasteiger partial charge in [-0.2, -0.15) is 0 Å². The van der Waals surface area contributed by atoms with Crippen LogP contribution in [0.25, 0.3) is 0 Å². The van der Waals surface area contributed by atoms with Crippen molar-refractivity contribution < 1.29 is 9.53 Å². The molecule has 0 aromatic carbocycles. The first-order valence-electron chi connectivity index (χ1n) is 6.72. The molecule has 0 fully saturated rings. The molecule has 4 nitrogen and oxygen atoms in total. The van der Waals surface area contributed by atoms with Gasteiger partial charge in [-0.05, 0) is 40.5 Å². The van der Waals surface area contributed by atoms with E-state index in [0.29, 0.717) is 12.2 Å². The zero-order valence-electron chi connectivity index (χ0n) is 12.5. The average Bonchev–Trinajstić information content (AvgIpc) is 2.33. The molecule has 18 heavy (non-hydrogen) atoms. The van der Waals surface area contributed by atoms with Gasteiger partial charge in [-0.3, -0.25) is 0 Å². The van der Waals surface area contributed by atoms with Crippen molar-refractivity contribution in [3.05, 3.63) is 11.6 Å². The fourth-order valence-corrected chi connectivity index (χ4v) is 1.52. The summed E-state index contributed by atoms with van der Waals surface area (Å²) in [6.07, 6.45) is 2.87. The van der Waals surface area contributed by atoms with Crippen molar-refractivity contribution in [3.63, 3.8) is 0 Å². The molecule has 0 amide bonds. The van der Waals surface area contributed by atoms with E-state index in [0.717, 1.165) is 32.6 Å². The van der Waals surface area contributed by atoms with Crippen molar-refractivity contribution in [1.29, 1.82) is 0 Å². The van der Waals surface area contributed by atoms with Crippen LogP contribution < -0.4 is 0 Å². The van der Waals surface area contributed by atoms with Gasteiger partial charge in [-0.1, -0.05) is 19.9 Å². The molecule has 0 rings (SSSR count). The van der Waals surface area contributed by atoms with Crippen LogP contribution in [0.1, 0.15) is 27.2 Å². The predicted molar refractivity (Wildman–Crippen MR) is 75.7 cm³/mol. The van der Waals surface area contributed by atoms with Crippen molar-refractivity contribution >= 4 is 5.97 Å². The molecule has 0 aliphatic carbocycles. The third-order valence-corrected chi connectivity index (χ3v) is 2.88. The summed E-state index contributed by atoms with van der Waals surface area (Å²) in [7, 11) is 3.92. The molecule has 0 radical (unpaired) electrons. The highest BCUT2D eigenvalue weighted by atomic mass is 16.5. The highest BCUT2D eigenvalue weighted by Gasteiger charge is 2.05. The van der Waals surface area contributed by atoms with Crippen molar-refractivity contribution in [2.75, 3.05) is 46.9 Å². The first-order valence-corrected chi connectivity index (χ1v) is 6.72. The maximum absolute atomic E-state index is 11.6. The maximum Gasteiger partial charge on any atom is 0.333 e. The van der Waals surface area contributed by atoms with Crippen molar-refractivity contribution in [2.24, 2.45) is 0 Å². The molecule has 0 saturated heterocycles. The normalized spacial score (nSPS) is 12.3. The Kier molecular flexibility index (Phi) is 9.60. The summed E-state index contributed by atoms with van der Waals surface area (Å²) in [6, 6.07) is 0. The summed E-state index contributed by atoms with van der Waals surface area (Å²) in [5, 5.41) is 0. The summed E-state index contributed by atoms with van der Waals surface area (Å²) >= 11 is 0. The summed E-state index contributed by atoms with van der Waals surface area (Å²) in [6.45, 7) is 10.4. The standard InChI is InChI=1S/C14H28N2O2/c1-6-16(7-2)10-8-9-13(3)14(17)18-12-11-15(4)5/h9H,6-8,10-12H2,1-5H3. The molecule has 0 N–H and O–H groups in total. The second kappa shape index (κ2) is 10.1. The lowest BCUT2D eigenvalue weighted by Gasteiger charge is -2.16. The number of esters is 1. The van der Waals surface area contributed by atoms with E-state index in [1.807, 2.05) is 32.0 Å². The zero-order chi connectivity index (χ0) is 14.0. The third-order valence-electron chi connectivity index (χ3n) is 2.88. The van der Waals surface area contributed by atoms with Crippen LogP contribution in [-0.4, -0.2) is 62.7 Å². The summed E-state index contributed by atoms with van der Waals surface area (Å²) in [4.78, 5) is 15.9. The number of carbonyl (C=O) groups is 1. The first-order chi connectivity index (χ1) is 8.51. The summed E-state index contributed by atoms with van der Waals surface area (Å²) in [5.41, 5.74) is 0.709. The van der Waals surface area contributed by atoms with Crippen LogP contribution in [-0.2, 0) is 9.53 Å². The van der Waals surface area contributed by atoms with Gasteiger partial charge in [0.25, 0.3) is 0 Å². The number of likely N-dealkylation sites (N-methyl/N-ethyl adjacent to an activating group) is 1. The summed E-state index contributed by atoms with van der Waals surface area (Å²) < 4.78 is 5.16. The van der Waals surface area contributed by atoms with Crippen LogP contribution in [0.3, 0.4) is 0 Å². The Balaban J connectivity index is 3.90. The molecule has 0 unspecified atom stereocenters. The highest BCUT2D eigenvalue weighted by Crippen LogP contribution is 2.00. The van der Waals surface area contributed by atoms with E-state index in [2.05, 4.69) is 18.7 Å². The van der Waals surface area contributed by atoms with Crippen molar-refractivity contribution in [3.8, 4) is 0 Å². The minimum Gasteiger partial charge on any atom is -0.461 e. The van der Waals surface area contributed by atoms with Gasteiger partial charge in [0.05, 0.1) is 0 Å². The van der Waals surface area contributed by atoms with Crippen LogP contribution in [0.4, 0.5) is 0 Å². The number of carbonyl (C=O) groups excluding carboxylic acids is 1. The van der Waals surface area contributed by atoms with Gasteiger partial charge < -0.3 is 14.5 Å². The molecule has 4 heteroatoms. The van der Waals surface area contributed by atoms with Crippen LogP contribution in [0.15, 0.2) is 11.6 Å². The molecule has 0 bridgehead atoms. The van der Waals surface area contributed by atoms with Gasteiger partial charge in [0.2, 0.25) is 0 Å². The van der Waals surface area contributed by atoms with Gasteiger partial charge in [-0.25, -0.2) is 4.79 Å². The van der Waals surface area contributed by atoms with E-state index >= 15 is 0 Å². The molecule has 106 valence electrons. The van der Waals surface area contributed by atoms with E-state index in [4.69, 9.17) is 4.74 Å². The molecule has 0 atom stereocenters. The van der Waals surface area contributed by atoms with Crippen LogP contribution in [0.2, 0.25) is 0 Å². The van der Waals surface area contributed by atoms with E-state index < -0.39 is 0 Å². The predicted octanol–water partition coefficient (Wildman–Crippen LogP) is 1.77. The van der Waals surface area contributed by atoms with Gasteiger partial charge in [0, 0.05) is 18.7 Å². The Morgan fingerprint density at radius 3 is 2.28 bits per heavy atom. The monoisotopic (exact) mass is 256 g/mol.